The first-order chi connectivity index (χ1) is 14.3. The molecule has 4 heteroatoms. The number of carbonyl (C=O) groups excluding carboxylic acids is 1. The lowest BCUT2D eigenvalue weighted by Crippen LogP contribution is -2.33. The Morgan fingerprint density at radius 2 is 1.48 bits per heavy atom. The monoisotopic (exact) mass is 425 g/mol. The van der Waals surface area contributed by atoms with Crippen LogP contribution in [-0.4, -0.2) is 29.6 Å². The maximum Gasteiger partial charge on any atom is 0.328 e. The van der Waals surface area contributed by atoms with Gasteiger partial charge in [0.05, 0.1) is 6.61 Å². The molecule has 0 radical (unpaired) electrons. The van der Waals surface area contributed by atoms with Gasteiger partial charge in [-0.15, -0.1) is 0 Å². The molecule has 0 saturated heterocycles. The van der Waals surface area contributed by atoms with Gasteiger partial charge in [-0.2, -0.15) is 0 Å². The number of hydrogen-bond acceptors (Lipinski definition) is 4. The summed E-state index contributed by atoms with van der Waals surface area (Å²) in [5.74, 6) is 0.0371. The van der Waals surface area contributed by atoms with Gasteiger partial charge in [-0.1, -0.05) is 71.4 Å². The van der Waals surface area contributed by atoms with Crippen LogP contribution in [-0.2, 0) is 26.9 Å². The summed E-state index contributed by atoms with van der Waals surface area (Å²) in [4.78, 5) is 15.1. The number of benzene rings is 2. The summed E-state index contributed by atoms with van der Waals surface area (Å²) in [6.07, 6.45) is 0. The number of likely N-dealkylation sites (N-methyl/N-ethyl adjacent to an activating group) is 1. The summed E-state index contributed by atoms with van der Waals surface area (Å²) >= 11 is 0. The third-order valence-corrected chi connectivity index (χ3v) is 5.57. The predicted octanol–water partition coefficient (Wildman–Crippen LogP) is 6.03. The molecule has 2 rings (SSSR count). The van der Waals surface area contributed by atoms with Gasteiger partial charge in [0, 0.05) is 6.54 Å². The van der Waals surface area contributed by atoms with Crippen molar-refractivity contribution in [1.29, 1.82) is 0 Å². The zero-order chi connectivity index (χ0) is 23.6. The van der Waals surface area contributed by atoms with Crippen LogP contribution in [0.15, 0.2) is 36.4 Å². The lowest BCUT2D eigenvalue weighted by molar-refractivity contribution is -0.149. The van der Waals surface area contributed by atoms with Crippen LogP contribution >= 0.6 is 0 Å². The number of rotatable bonds is 6. The lowest BCUT2D eigenvalue weighted by Gasteiger charge is -2.32. The van der Waals surface area contributed by atoms with Gasteiger partial charge in [-0.05, 0) is 66.1 Å². The summed E-state index contributed by atoms with van der Waals surface area (Å²) in [5.41, 5.74) is 4.33. The van der Waals surface area contributed by atoms with E-state index in [2.05, 4.69) is 72.7 Å². The predicted molar refractivity (Wildman–Crippen MR) is 128 cm³/mol. The Bertz CT molecular complexity index is 867. The van der Waals surface area contributed by atoms with Crippen molar-refractivity contribution < 1.29 is 14.6 Å². The first-order valence-electron chi connectivity index (χ1n) is 11.1. The minimum absolute atomic E-state index is 0.269. The van der Waals surface area contributed by atoms with Crippen LogP contribution in [0.4, 0.5) is 0 Å². The van der Waals surface area contributed by atoms with Crippen LogP contribution in [0.2, 0.25) is 0 Å². The van der Waals surface area contributed by atoms with Gasteiger partial charge in [-0.3, -0.25) is 4.90 Å². The van der Waals surface area contributed by atoms with Gasteiger partial charge in [0.1, 0.15) is 11.8 Å². The molecule has 1 N–H and O–H groups in total. The van der Waals surface area contributed by atoms with Crippen molar-refractivity contribution >= 4 is 5.97 Å². The quantitative estimate of drug-likeness (QED) is 0.574. The molecule has 0 fully saturated rings. The van der Waals surface area contributed by atoms with E-state index in [0.29, 0.717) is 18.9 Å². The molecule has 4 nitrogen and oxygen atoms in total. The number of nitrogens with zero attached hydrogens (tertiary/aromatic N) is 1. The Labute approximate surface area is 188 Å². The molecule has 2 aromatic rings. The van der Waals surface area contributed by atoms with Crippen molar-refractivity contribution in [3.8, 4) is 5.75 Å². The van der Waals surface area contributed by atoms with Crippen molar-refractivity contribution in [1.82, 2.24) is 4.90 Å². The fraction of sp³-hybridized carbons (Fsp3) is 0.519. The van der Waals surface area contributed by atoms with Crippen LogP contribution in [0.5, 0.6) is 5.75 Å². The van der Waals surface area contributed by atoms with Crippen molar-refractivity contribution in [3.63, 3.8) is 0 Å². The fourth-order valence-electron chi connectivity index (χ4n) is 3.82. The summed E-state index contributed by atoms with van der Waals surface area (Å²) in [6.45, 7) is 17.3. The second-order valence-electron chi connectivity index (χ2n) is 10.5. The van der Waals surface area contributed by atoms with Gasteiger partial charge >= 0.3 is 5.97 Å². The van der Waals surface area contributed by atoms with Crippen LogP contribution in [0.25, 0.3) is 0 Å². The maximum atomic E-state index is 13.1. The molecule has 0 saturated carbocycles. The number of hydrogen-bond donors (Lipinski definition) is 1. The van der Waals surface area contributed by atoms with Crippen molar-refractivity contribution in [2.45, 2.75) is 78.8 Å². The Morgan fingerprint density at radius 1 is 1.00 bits per heavy atom. The van der Waals surface area contributed by atoms with E-state index in [0.717, 1.165) is 22.3 Å². The van der Waals surface area contributed by atoms with Crippen molar-refractivity contribution in [2.75, 3.05) is 13.7 Å². The first-order valence-corrected chi connectivity index (χ1v) is 11.1. The van der Waals surface area contributed by atoms with Gasteiger partial charge in [0.2, 0.25) is 0 Å². The van der Waals surface area contributed by atoms with Crippen LogP contribution < -0.4 is 0 Å². The molecule has 0 aliphatic carbocycles. The smallest absolute Gasteiger partial charge is 0.328 e. The van der Waals surface area contributed by atoms with E-state index < -0.39 is 6.04 Å². The molecular formula is C27H39NO3. The van der Waals surface area contributed by atoms with Gasteiger partial charge in [-0.25, -0.2) is 4.79 Å². The fourth-order valence-corrected chi connectivity index (χ4v) is 3.82. The largest absolute Gasteiger partial charge is 0.507 e. The molecule has 0 aliphatic heterocycles. The summed E-state index contributed by atoms with van der Waals surface area (Å²) in [7, 11) is 1.95. The second kappa shape index (κ2) is 9.44. The third kappa shape index (κ3) is 6.10. The highest BCUT2D eigenvalue weighted by molar-refractivity contribution is 5.78. The molecular weight excluding hydrogens is 386 g/mol. The Morgan fingerprint density at radius 3 is 1.90 bits per heavy atom. The van der Waals surface area contributed by atoms with Gasteiger partial charge < -0.3 is 9.84 Å². The molecule has 170 valence electrons. The number of aryl methyl sites for hydroxylation is 1. The topological polar surface area (TPSA) is 49.8 Å². The molecule has 0 heterocycles. The second-order valence-corrected chi connectivity index (χ2v) is 10.5. The normalized spacial score (nSPS) is 13.4. The van der Waals surface area contributed by atoms with E-state index in [9.17, 15) is 9.90 Å². The zero-order valence-corrected chi connectivity index (χ0v) is 20.7. The van der Waals surface area contributed by atoms with E-state index >= 15 is 0 Å². The van der Waals surface area contributed by atoms with E-state index in [-0.39, 0.29) is 16.8 Å². The molecule has 2 aromatic carbocycles. The summed E-state index contributed by atoms with van der Waals surface area (Å²) < 4.78 is 5.47. The van der Waals surface area contributed by atoms with E-state index in [1.54, 1.807) is 0 Å². The maximum absolute atomic E-state index is 13.1. The zero-order valence-electron chi connectivity index (χ0n) is 20.7. The molecule has 0 bridgehead atoms. The average Bonchev–Trinajstić information content (AvgIpc) is 2.63. The van der Waals surface area contributed by atoms with Gasteiger partial charge in [0.25, 0.3) is 0 Å². The molecule has 0 aliphatic rings. The summed E-state index contributed by atoms with van der Waals surface area (Å²) in [5, 5.41) is 11.1. The Kier molecular flexibility index (Phi) is 7.59. The van der Waals surface area contributed by atoms with Crippen LogP contribution in [0.1, 0.15) is 82.3 Å². The highest BCUT2D eigenvalue weighted by Crippen LogP contribution is 2.41. The van der Waals surface area contributed by atoms with Crippen molar-refractivity contribution in [3.05, 3.63) is 64.2 Å². The standard InChI is InChI=1S/C27H39NO3/c1-10-31-25(30)23(28(9)17-19-13-11-18(2)12-14-19)20-15-21(26(3,4)5)24(29)22(16-20)27(6,7)8/h11-16,23,29H,10,17H2,1-9H3. The van der Waals surface area contributed by atoms with E-state index in [4.69, 9.17) is 4.74 Å². The van der Waals surface area contributed by atoms with E-state index in [1.807, 2.05) is 31.0 Å². The number of phenolic OH excluding ortho intramolecular Hbond substituents is 1. The van der Waals surface area contributed by atoms with Gasteiger partial charge in [0.15, 0.2) is 0 Å². The minimum atomic E-state index is -0.566. The van der Waals surface area contributed by atoms with Crippen LogP contribution in [0.3, 0.4) is 0 Å². The average molecular weight is 426 g/mol. The third-order valence-electron chi connectivity index (χ3n) is 5.57. The molecule has 1 atom stereocenters. The molecule has 0 aromatic heterocycles. The minimum Gasteiger partial charge on any atom is -0.507 e. The number of esters is 1. The molecule has 1 unspecified atom stereocenters. The number of phenols is 1. The van der Waals surface area contributed by atoms with Crippen LogP contribution in [0, 0.1) is 6.92 Å². The molecule has 0 spiro atoms. The Hall–Kier alpha value is -2.33. The molecule has 0 amide bonds. The summed E-state index contributed by atoms with van der Waals surface area (Å²) in [6, 6.07) is 11.7. The number of ether oxygens (including phenoxy) is 1. The highest BCUT2D eigenvalue weighted by atomic mass is 16.5. The van der Waals surface area contributed by atoms with Crippen molar-refractivity contribution in [2.24, 2.45) is 0 Å². The number of aromatic hydroxyl groups is 1. The Balaban J connectivity index is 2.62. The lowest BCUT2D eigenvalue weighted by atomic mass is 9.77. The first kappa shape index (κ1) is 24.9. The van der Waals surface area contributed by atoms with E-state index in [1.165, 1.54) is 5.56 Å². The SMILES string of the molecule is CCOC(=O)C(c1cc(C(C)(C)C)c(O)c(C(C)(C)C)c1)N(C)Cc1ccc(C)cc1. The highest BCUT2D eigenvalue weighted by Gasteiger charge is 2.32. The molecule has 31 heavy (non-hydrogen) atoms. The number of carbonyl (C=O) groups is 1.